The van der Waals surface area contributed by atoms with Crippen molar-refractivity contribution in [3.63, 3.8) is 0 Å². The molecule has 0 saturated carbocycles. The summed E-state index contributed by atoms with van der Waals surface area (Å²) in [6.45, 7) is 5.10. The van der Waals surface area contributed by atoms with Crippen molar-refractivity contribution in [2.24, 2.45) is 5.73 Å². The van der Waals surface area contributed by atoms with Crippen LogP contribution >= 0.6 is 12.2 Å². The minimum Gasteiger partial charge on any atom is -0.392 e. The van der Waals surface area contributed by atoms with Crippen molar-refractivity contribution < 1.29 is 0 Å². The van der Waals surface area contributed by atoms with Crippen LogP contribution in [0.4, 0.5) is 0 Å². The highest BCUT2D eigenvalue weighted by molar-refractivity contribution is 7.80. The van der Waals surface area contributed by atoms with Gasteiger partial charge >= 0.3 is 0 Å². The first-order valence-corrected chi connectivity index (χ1v) is 6.00. The fourth-order valence-electron chi connectivity index (χ4n) is 1.94. The van der Waals surface area contributed by atoms with Crippen molar-refractivity contribution in [1.29, 1.82) is 0 Å². The Morgan fingerprint density at radius 2 is 2.19 bits per heavy atom. The van der Waals surface area contributed by atoms with Crippen LogP contribution in [0, 0.1) is 6.92 Å². The average Bonchev–Trinajstić information content (AvgIpc) is 2.17. The molecular weight excluding hydrogens is 216 g/mol. The average molecular weight is 236 g/mol. The molecule has 1 aromatic carbocycles. The first-order chi connectivity index (χ1) is 7.54. The minimum absolute atomic E-state index is 0.190. The van der Waals surface area contributed by atoms with E-state index in [-0.39, 0.29) is 6.04 Å². The van der Waals surface area contributed by atoms with Crippen molar-refractivity contribution in [1.82, 2.24) is 4.90 Å². The summed E-state index contributed by atoms with van der Waals surface area (Å²) in [6.07, 6.45) is 0.956. The standard InChI is InChI=1S/C13H20N2S/c1-4-12(13(14)16)15(3)9-11-7-5-6-10(2)8-11/h5-8,12H,4,9H2,1-3H3,(H2,14,16). The van der Waals surface area contributed by atoms with Gasteiger partial charge in [0.05, 0.1) is 11.0 Å². The van der Waals surface area contributed by atoms with Crippen LogP contribution in [-0.2, 0) is 6.54 Å². The summed E-state index contributed by atoms with van der Waals surface area (Å²) < 4.78 is 0. The smallest absolute Gasteiger partial charge is 0.0901 e. The van der Waals surface area contributed by atoms with E-state index in [0.29, 0.717) is 4.99 Å². The quantitative estimate of drug-likeness (QED) is 0.796. The van der Waals surface area contributed by atoms with E-state index in [1.54, 1.807) is 0 Å². The summed E-state index contributed by atoms with van der Waals surface area (Å²) in [5, 5.41) is 0. The van der Waals surface area contributed by atoms with Crippen LogP contribution in [0.15, 0.2) is 24.3 Å². The highest BCUT2D eigenvalue weighted by Crippen LogP contribution is 2.10. The molecule has 88 valence electrons. The van der Waals surface area contributed by atoms with Crippen LogP contribution in [-0.4, -0.2) is 23.0 Å². The number of benzene rings is 1. The summed E-state index contributed by atoms with van der Waals surface area (Å²) in [5.41, 5.74) is 8.31. The molecule has 0 bridgehead atoms. The molecule has 0 aliphatic rings. The maximum atomic E-state index is 5.72. The summed E-state index contributed by atoms with van der Waals surface area (Å²) >= 11 is 5.07. The number of nitrogens with two attached hydrogens (primary N) is 1. The molecule has 16 heavy (non-hydrogen) atoms. The number of hydrogen-bond donors (Lipinski definition) is 1. The zero-order valence-corrected chi connectivity index (χ0v) is 11.1. The van der Waals surface area contributed by atoms with Crippen LogP contribution < -0.4 is 5.73 Å². The molecule has 1 unspecified atom stereocenters. The predicted octanol–water partition coefficient (Wildman–Crippen LogP) is 2.49. The van der Waals surface area contributed by atoms with E-state index in [4.69, 9.17) is 18.0 Å². The lowest BCUT2D eigenvalue weighted by molar-refractivity contribution is 0.284. The Kier molecular flexibility index (Phi) is 4.90. The second-order valence-electron chi connectivity index (χ2n) is 4.23. The molecule has 1 rings (SSSR count). The van der Waals surface area contributed by atoms with Crippen LogP contribution in [0.3, 0.4) is 0 Å². The van der Waals surface area contributed by atoms with Gasteiger partial charge in [-0.2, -0.15) is 0 Å². The Labute approximate surface area is 103 Å². The molecular formula is C13H20N2S. The minimum atomic E-state index is 0.190. The normalized spacial score (nSPS) is 12.8. The third-order valence-electron chi connectivity index (χ3n) is 2.76. The molecule has 0 spiro atoms. The predicted molar refractivity (Wildman–Crippen MR) is 73.5 cm³/mol. The van der Waals surface area contributed by atoms with Gasteiger partial charge in [0.25, 0.3) is 0 Å². The monoisotopic (exact) mass is 236 g/mol. The number of thiocarbonyl (C=S) groups is 1. The van der Waals surface area contributed by atoms with Crippen LogP contribution in [0.5, 0.6) is 0 Å². The van der Waals surface area contributed by atoms with Crippen LogP contribution in [0.25, 0.3) is 0 Å². The van der Waals surface area contributed by atoms with E-state index >= 15 is 0 Å². The molecule has 2 nitrogen and oxygen atoms in total. The lowest BCUT2D eigenvalue weighted by Gasteiger charge is -2.26. The highest BCUT2D eigenvalue weighted by Gasteiger charge is 2.15. The number of nitrogens with zero attached hydrogens (tertiary/aromatic N) is 1. The maximum absolute atomic E-state index is 5.72. The Hall–Kier alpha value is -0.930. The van der Waals surface area contributed by atoms with Crippen molar-refractivity contribution in [2.75, 3.05) is 7.05 Å². The summed E-state index contributed by atoms with van der Waals surface area (Å²) in [6, 6.07) is 8.71. The largest absolute Gasteiger partial charge is 0.392 e. The maximum Gasteiger partial charge on any atom is 0.0901 e. The number of rotatable bonds is 5. The summed E-state index contributed by atoms with van der Waals surface area (Å²) in [4.78, 5) is 2.79. The molecule has 0 aliphatic heterocycles. The van der Waals surface area contributed by atoms with Gasteiger partial charge in [-0.05, 0) is 26.0 Å². The second kappa shape index (κ2) is 5.97. The molecule has 0 heterocycles. The fourth-order valence-corrected chi connectivity index (χ4v) is 2.29. The molecule has 2 N–H and O–H groups in total. The fraction of sp³-hybridized carbons (Fsp3) is 0.462. The van der Waals surface area contributed by atoms with E-state index in [1.165, 1.54) is 11.1 Å². The van der Waals surface area contributed by atoms with Gasteiger partial charge in [-0.15, -0.1) is 0 Å². The molecule has 1 atom stereocenters. The lowest BCUT2D eigenvalue weighted by atomic mass is 10.1. The van der Waals surface area contributed by atoms with E-state index in [0.717, 1.165) is 13.0 Å². The topological polar surface area (TPSA) is 29.3 Å². The zero-order valence-electron chi connectivity index (χ0n) is 10.2. The van der Waals surface area contributed by atoms with E-state index in [2.05, 4.69) is 50.1 Å². The Balaban J connectivity index is 2.69. The van der Waals surface area contributed by atoms with Crippen LogP contribution in [0.1, 0.15) is 24.5 Å². The molecule has 1 aromatic rings. The highest BCUT2D eigenvalue weighted by atomic mass is 32.1. The summed E-state index contributed by atoms with van der Waals surface area (Å²) in [7, 11) is 2.07. The van der Waals surface area contributed by atoms with Gasteiger partial charge < -0.3 is 5.73 Å². The molecule has 0 aliphatic carbocycles. The van der Waals surface area contributed by atoms with Gasteiger partial charge in [-0.1, -0.05) is 49.0 Å². The Morgan fingerprint density at radius 3 is 2.69 bits per heavy atom. The van der Waals surface area contributed by atoms with Crippen molar-refractivity contribution >= 4 is 17.2 Å². The number of likely N-dealkylation sites (N-methyl/N-ethyl adjacent to an activating group) is 1. The molecule has 0 saturated heterocycles. The molecule has 0 amide bonds. The number of aryl methyl sites for hydroxylation is 1. The van der Waals surface area contributed by atoms with E-state index in [9.17, 15) is 0 Å². The van der Waals surface area contributed by atoms with Crippen LogP contribution in [0.2, 0.25) is 0 Å². The first kappa shape index (κ1) is 13.1. The van der Waals surface area contributed by atoms with Gasteiger partial charge in [0.1, 0.15) is 0 Å². The van der Waals surface area contributed by atoms with Gasteiger partial charge in [0.15, 0.2) is 0 Å². The first-order valence-electron chi connectivity index (χ1n) is 5.59. The second-order valence-corrected chi connectivity index (χ2v) is 4.70. The SMILES string of the molecule is CCC(C(N)=S)N(C)Cc1cccc(C)c1. The van der Waals surface area contributed by atoms with Gasteiger partial charge in [-0.3, -0.25) is 4.90 Å². The Bertz CT molecular complexity index is 363. The molecule has 0 aromatic heterocycles. The Morgan fingerprint density at radius 1 is 1.50 bits per heavy atom. The third-order valence-corrected chi connectivity index (χ3v) is 3.03. The molecule has 0 radical (unpaired) electrons. The number of hydrogen-bond acceptors (Lipinski definition) is 2. The molecule has 0 fully saturated rings. The summed E-state index contributed by atoms with van der Waals surface area (Å²) in [5.74, 6) is 0. The van der Waals surface area contributed by atoms with Gasteiger partial charge in [0, 0.05) is 6.54 Å². The lowest BCUT2D eigenvalue weighted by Crippen LogP contribution is -2.40. The van der Waals surface area contributed by atoms with E-state index < -0.39 is 0 Å². The van der Waals surface area contributed by atoms with Gasteiger partial charge in [0.2, 0.25) is 0 Å². The van der Waals surface area contributed by atoms with Crippen molar-refractivity contribution in [3.05, 3.63) is 35.4 Å². The molecule has 3 heteroatoms. The van der Waals surface area contributed by atoms with Crippen molar-refractivity contribution in [2.45, 2.75) is 32.9 Å². The van der Waals surface area contributed by atoms with Crippen molar-refractivity contribution in [3.8, 4) is 0 Å². The van der Waals surface area contributed by atoms with Gasteiger partial charge in [-0.25, -0.2) is 0 Å². The zero-order chi connectivity index (χ0) is 12.1. The van der Waals surface area contributed by atoms with E-state index in [1.807, 2.05) is 0 Å². The third kappa shape index (κ3) is 3.58.